The Balaban J connectivity index is 1.62. The first-order valence-electron chi connectivity index (χ1n) is 5.39. The molecule has 3 nitrogen and oxygen atoms in total. The molecule has 0 amide bonds. The van der Waals surface area contributed by atoms with Gasteiger partial charge in [0.15, 0.2) is 0 Å². The highest BCUT2D eigenvalue weighted by Gasteiger charge is 2.11. The Hall–Kier alpha value is -0.800. The lowest BCUT2D eigenvalue weighted by atomic mass is 10.00. The van der Waals surface area contributed by atoms with Crippen molar-refractivity contribution >= 4 is 0 Å². The van der Waals surface area contributed by atoms with Gasteiger partial charge in [-0.15, -0.1) is 0 Å². The molecule has 1 saturated heterocycles. The topological polar surface area (TPSA) is 37.2 Å². The van der Waals surface area contributed by atoms with Crippen molar-refractivity contribution in [2.24, 2.45) is 5.92 Å². The Bertz CT molecular complexity index is 240. The zero-order valence-electron chi connectivity index (χ0n) is 8.46. The van der Waals surface area contributed by atoms with Crippen molar-refractivity contribution in [2.75, 3.05) is 19.6 Å². The van der Waals surface area contributed by atoms with E-state index in [1.54, 1.807) is 6.26 Å². The smallest absolute Gasteiger partial charge is 0.117 e. The van der Waals surface area contributed by atoms with Gasteiger partial charge >= 0.3 is 0 Å². The predicted octanol–water partition coefficient (Wildman–Crippen LogP) is 1.37. The highest BCUT2D eigenvalue weighted by Crippen LogP contribution is 2.08. The molecule has 0 radical (unpaired) electrons. The van der Waals surface area contributed by atoms with Crippen molar-refractivity contribution < 1.29 is 4.42 Å². The van der Waals surface area contributed by atoms with Crippen LogP contribution in [0.5, 0.6) is 0 Å². The number of hydrogen-bond acceptors (Lipinski definition) is 3. The van der Waals surface area contributed by atoms with Gasteiger partial charge in [0, 0.05) is 0 Å². The quantitative estimate of drug-likeness (QED) is 0.760. The zero-order chi connectivity index (χ0) is 9.64. The van der Waals surface area contributed by atoms with Gasteiger partial charge in [-0.25, -0.2) is 0 Å². The van der Waals surface area contributed by atoms with E-state index in [-0.39, 0.29) is 0 Å². The lowest BCUT2D eigenvalue weighted by Crippen LogP contribution is -2.35. The number of furan rings is 1. The maximum atomic E-state index is 5.24. The summed E-state index contributed by atoms with van der Waals surface area (Å²) in [6.07, 6.45) is 4.38. The largest absolute Gasteiger partial charge is 0.468 e. The predicted molar refractivity (Wildman–Crippen MR) is 56.0 cm³/mol. The molecular formula is C11H18N2O. The molecule has 1 aliphatic rings. The van der Waals surface area contributed by atoms with E-state index in [1.807, 2.05) is 12.1 Å². The highest BCUT2D eigenvalue weighted by atomic mass is 16.3. The SMILES string of the molecule is c1coc(CNCC2CCCNC2)c1. The van der Waals surface area contributed by atoms with Crippen LogP contribution in [0.3, 0.4) is 0 Å². The first-order chi connectivity index (χ1) is 6.95. The summed E-state index contributed by atoms with van der Waals surface area (Å²) in [5, 5.41) is 6.84. The van der Waals surface area contributed by atoms with E-state index < -0.39 is 0 Å². The van der Waals surface area contributed by atoms with Gasteiger partial charge in [0.2, 0.25) is 0 Å². The second kappa shape index (κ2) is 5.17. The molecule has 2 heterocycles. The molecule has 14 heavy (non-hydrogen) atoms. The third kappa shape index (κ3) is 2.86. The molecule has 1 aromatic rings. The number of piperidine rings is 1. The van der Waals surface area contributed by atoms with E-state index in [0.717, 1.165) is 31.3 Å². The maximum absolute atomic E-state index is 5.24. The molecule has 3 heteroatoms. The Morgan fingerprint density at radius 2 is 2.57 bits per heavy atom. The van der Waals surface area contributed by atoms with Crippen LogP contribution in [0.1, 0.15) is 18.6 Å². The molecule has 1 aromatic heterocycles. The minimum absolute atomic E-state index is 0.790. The summed E-state index contributed by atoms with van der Waals surface area (Å²) in [4.78, 5) is 0. The molecule has 0 aromatic carbocycles. The minimum atomic E-state index is 0.790. The van der Waals surface area contributed by atoms with Crippen molar-refractivity contribution in [3.8, 4) is 0 Å². The van der Waals surface area contributed by atoms with E-state index >= 15 is 0 Å². The molecule has 2 N–H and O–H groups in total. The standard InChI is InChI=1S/C11H18N2O/c1-3-10(7-12-5-1)8-13-9-11-4-2-6-14-11/h2,4,6,10,12-13H,1,3,5,7-9H2. The average Bonchev–Trinajstić information content (AvgIpc) is 2.72. The normalized spacial score (nSPS) is 22.4. The fourth-order valence-corrected chi connectivity index (χ4v) is 1.91. The van der Waals surface area contributed by atoms with Crippen molar-refractivity contribution in [3.05, 3.63) is 24.2 Å². The van der Waals surface area contributed by atoms with Crippen molar-refractivity contribution in [3.63, 3.8) is 0 Å². The van der Waals surface area contributed by atoms with Crippen molar-refractivity contribution in [1.82, 2.24) is 10.6 Å². The molecule has 0 aliphatic carbocycles. The highest BCUT2D eigenvalue weighted by molar-refractivity contribution is 4.97. The van der Waals surface area contributed by atoms with E-state index in [4.69, 9.17) is 4.42 Å². The Morgan fingerprint density at radius 3 is 3.29 bits per heavy atom. The van der Waals surface area contributed by atoms with Crippen LogP contribution in [-0.2, 0) is 6.54 Å². The van der Waals surface area contributed by atoms with Crippen LogP contribution in [0.2, 0.25) is 0 Å². The number of rotatable bonds is 4. The summed E-state index contributed by atoms with van der Waals surface area (Å²) in [7, 11) is 0. The van der Waals surface area contributed by atoms with Gasteiger partial charge in [0.05, 0.1) is 12.8 Å². The van der Waals surface area contributed by atoms with Crippen molar-refractivity contribution in [2.45, 2.75) is 19.4 Å². The van der Waals surface area contributed by atoms with Gasteiger partial charge < -0.3 is 15.1 Å². The van der Waals surface area contributed by atoms with Gasteiger partial charge in [-0.05, 0) is 50.5 Å². The first-order valence-corrected chi connectivity index (χ1v) is 5.39. The fourth-order valence-electron chi connectivity index (χ4n) is 1.91. The van der Waals surface area contributed by atoms with Crippen LogP contribution < -0.4 is 10.6 Å². The third-order valence-corrected chi connectivity index (χ3v) is 2.71. The van der Waals surface area contributed by atoms with Crippen LogP contribution in [0, 0.1) is 5.92 Å². The number of hydrogen-bond donors (Lipinski definition) is 2. The van der Waals surface area contributed by atoms with Crippen LogP contribution >= 0.6 is 0 Å². The summed E-state index contributed by atoms with van der Waals surface area (Å²) in [5.41, 5.74) is 0. The van der Waals surface area contributed by atoms with E-state index in [1.165, 1.54) is 19.4 Å². The maximum Gasteiger partial charge on any atom is 0.117 e. The van der Waals surface area contributed by atoms with Gasteiger partial charge in [-0.2, -0.15) is 0 Å². The van der Waals surface area contributed by atoms with Crippen LogP contribution in [0.15, 0.2) is 22.8 Å². The van der Waals surface area contributed by atoms with Crippen LogP contribution in [0.25, 0.3) is 0 Å². The average molecular weight is 194 g/mol. The summed E-state index contributed by atoms with van der Waals surface area (Å²) in [5.74, 6) is 1.81. The molecule has 1 fully saturated rings. The molecule has 2 rings (SSSR count). The monoisotopic (exact) mass is 194 g/mol. The summed E-state index contributed by atoms with van der Waals surface area (Å²) in [6.45, 7) is 4.29. The fraction of sp³-hybridized carbons (Fsp3) is 0.636. The van der Waals surface area contributed by atoms with E-state index in [2.05, 4.69) is 10.6 Å². The molecule has 1 atom stereocenters. The molecular weight excluding hydrogens is 176 g/mol. The molecule has 0 saturated carbocycles. The second-order valence-electron chi connectivity index (χ2n) is 3.92. The third-order valence-electron chi connectivity index (χ3n) is 2.71. The Kier molecular flexibility index (Phi) is 3.60. The lowest BCUT2D eigenvalue weighted by molar-refractivity contribution is 0.353. The van der Waals surface area contributed by atoms with Gasteiger partial charge in [0.25, 0.3) is 0 Å². The van der Waals surface area contributed by atoms with Crippen molar-refractivity contribution in [1.29, 1.82) is 0 Å². The first kappa shape index (κ1) is 9.74. The van der Waals surface area contributed by atoms with Gasteiger partial charge in [-0.1, -0.05) is 0 Å². The Labute approximate surface area is 84.9 Å². The van der Waals surface area contributed by atoms with E-state index in [9.17, 15) is 0 Å². The van der Waals surface area contributed by atoms with E-state index in [0.29, 0.717) is 0 Å². The summed E-state index contributed by atoms with van der Waals surface area (Å²) < 4.78 is 5.24. The van der Waals surface area contributed by atoms with Gasteiger partial charge in [0.1, 0.15) is 5.76 Å². The summed E-state index contributed by atoms with van der Waals surface area (Å²) >= 11 is 0. The van der Waals surface area contributed by atoms with Crippen LogP contribution in [-0.4, -0.2) is 19.6 Å². The van der Waals surface area contributed by atoms with Gasteiger partial charge in [-0.3, -0.25) is 0 Å². The molecule has 0 bridgehead atoms. The molecule has 0 spiro atoms. The summed E-state index contributed by atoms with van der Waals surface area (Å²) in [6, 6.07) is 3.94. The molecule has 1 unspecified atom stereocenters. The minimum Gasteiger partial charge on any atom is -0.468 e. The zero-order valence-corrected chi connectivity index (χ0v) is 8.46. The number of nitrogens with one attached hydrogen (secondary N) is 2. The van der Waals surface area contributed by atoms with Crippen LogP contribution in [0.4, 0.5) is 0 Å². The second-order valence-corrected chi connectivity index (χ2v) is 3.92. The molecule has 1 aliphatic heterocycles. The lowest BCUT2D eigenvalue weighted by Gasteiger charge is -2.22. The Morgan fingerprint density at radius 1 is 1.57 bits per heavy atom. The molecule has 78 valence electrons.